The number of anilines is 1. The van der Waals surface area contributed by atoms with E-state index in [2.05, 4.69) is 10.3 Å². The Morgan fingerprint density at radius 2 is 1.67 bits per heavy atom. The van der Waals surface area contributed by atoms with Gasteiger partial charge in [-0.25, -0.2) is 4.98 Å². The van der Waals surface area contributed by atoms with Crippen LogP contribution in [0.15, 0.2) is 66.9 Å². The predicted molar refractivity (Wildman–Crippen MR) is 120 cm³/mol. The zero-order chi connectivity index (χ0) is 21.3. The Bertz CT molecular complexity index is 1250. The topological polar surface area (TPSA) is 64.0 Å². The van der Waals surface area contributed by atoms with Gasteiger partial charge in [0.2, 0.25) is 0 Å². The van der Waals surface area contributed by atoms with Crippen LogP contribution in [0.4, 0.5) is 5.82 Å². The summed E-state index contributed by atoms with van der Waals surface area (Å²) in [6.07, 6.45) is 1.52. The zero-order valence-corrected chi connectivity index (χ0v) is 17.7. The molecule has 1 amide bonds. The van der Waals surface area contributed by atoms with Crippen LogP contribution < -0.4 is 5.32 Å². The highest BCUT2D eigenvalue weighted by Crippen LogP contribution is 2.33. The second kappa shape index (κ2) is 8.48. The van der Waals surface area contributed by atoms with Gasteiger partial charge in [0.05, 0.1) is 11.1 Å². The third-order valence-corrected chi connectivity index (χ3v) is 5.44. The van der Waals surface area contributed by atoms with E-state index in [0.717, 1.165) is 5.56 Å². The summed E-state index contributed by atoms with van der Waals surface area (Å²) < 4.78 is 1.76. The number of hydrogen-bond acceptors (Lipinski definition) is 3. The van der Waals surface area contributed by atoms with Gasteiger partial charge in [-0.2, -0.15) is 0 Å². The smallest absolute Gasteiger partial charge is 0.298 e. The summed E-state index contributed by atoms with van der Waals surface area (Å²) in [7, 11) is 0. The van der Waals surface area contributed by atoms with Gasteiger partial charge in [-0.15, -0.1) is 0 Å². The lowest BCUT2D eigenvalue weighted by Crippen LogP contribution is -2.23. The second-order valence-electron chi connectivity index (χ2n) is 6.54. The molecule has 2 aromatic carbocycles. The molecule has 150 valence electrons. The lowest BCUT2D eigenvalue weighted by molar-refractivity contribution is -0.112. The first-order chi connectivity index (χ1) is 14.4. The Hall–Kier alpha value is -2.86. The van der Waals surface area contributed by atoms with Crippen LogP contribution in [-0.2, 0) is 11.3 Å². The number of carbonyl (C=O) groups is 2. The van der Waals surface area contributed by atoms with E-state index in [4.69, 9.17) is 34.8 Å². The first kappa shape index (κ1) is 20.4. The molecule has 0 aliphatic heterocycles. The lowest BCUT2D eigenvalue weighted by atomic mass is 10.1. The van der Waals surface area contributed by atoms with Crippen molar-refractivity contribution in [3.05, 3.63) is 93.2 Å². The normalized spacial score (nSPS) is 10.9. The molecule has 0 unspecified atom stereocenters. The number of rotatable bonds is 5. The lowest BCUT2D eigenvalue weighted by Gasteiger charge is -2.08. The van der Waals surface area contributed by atoms with E-state index in [1.165, 1.54) is 6.20 Å². The fourth-order valence-electron chi connectivity index (χ4n) is 3.16. The number of nitrogens with one attached hydrogen (secondary N) is 1. The number of hydrogen-bond donors (Lipinski definition) is 1. The van der Waals surface area contributed by atoms with Crippen molar-refractivity contribution < 1.29 is 9.59 Å². The van der Waals surface area contributed by atoms with Crippen molar-refractivity contribution in [3.63, 3.8) is 0 Å². The molecule has 0 aliphatic carbocycles. The molecule has 2 aromatic heterocycles. The van der Waals surface area contributed by atoms with E-state index in [-0.39, 0.29) is 16.5 Å². The number of benzene rings is 2. The van der Waals surface area contributed by atoms with Gasteiger partial charge in [0.25, 0.3) is 11.7 Å². The maximum Gasteiger partial charge on any atom is 0.298 e. The highest BCUT2D eigenvalue weighted by Gasteiger charge is 2.27. The number of ketones is 1. The van der Waals surface area contributed by atoms with Crippen molar-refractivity contribution in [2.75, 3.05) is 5.32 Å². The summed E-state index contributed by atoms with van der Waals surface area (Å²) >= 11 is 18.7. The van der Waals surface area contributed by atoms with Crippen LogP contribution in [-0.4, -0.2) is 21.2 Å². The summed E-state index contributed by atoms with van der Waals surface area (Å²) in [6, 6.07) is 17.4. The van der Waals surface area contributed by atoms with Gasteiger partial charge in [-0.1, -0.05) is 53.0 Å². The predicted octanol–water partition coefficient (Wildman–Crippen LogP) is 5.87. The number of fused-ring (bicyclic) bond motifs is 1. The summed E-state index contributed by atoms with van der Waals surface area (Å²) in [4.78, 5) is 29.6. The fourth-order valence-corrected chi connectivity index (χ4v) is 3.80. The quantitative estimate of drug-likeness (QED) is 0.301. The van der Waals surface area contributed by atoms with E-state index in [1.807, 2.05) is 12.1 Å². The third kappa shape index (κ3) is 4.05. The molecule has 0 spiro atoms. The van der Waals surface area contributed by atoms with Gasteiger partial charge in [0.1, 0.15) is 11.0 Å². The van der Waals surface area contributed by atoms with Gasteiger partial charge in [0, 0.05) is 28.2 Å². The van der Waals surface area contributed by atoms with Gasteiger partial charge in [0.15, 0.2) is 0 Å². The summed E-state index contributed by atoms with van der Waals surface area (Å²) in [5.74, 6) is -1.33. The Labute approximate surface area is 187 Å². The van der Waals surface area contributed by atoms with E-state index in [9.17, 15) is 9.59 Å². The molecule has 0 atom stereocenters. The Balaban J connectivity index is 1.76. The molecule has 0 saturated heterocycles. The molecule has 2 heterocycles. The van der Waals surface area contributed by atoms with Crippen LogP contribution >= 0.6 is 34.8 Å². The minimum Gasteiger partial charge on any atom is -0.327 e. The number of nitrogens with zero attached hydrogens (tertiary/aromatic N) is 2. The molecule has 8 heteroatoms. The SMILES string of the molecule is O=C(Nc1ccccn1)C(=O)c1c(Cl)n(Cc2ccc(Cl)cc2)c2ccc(Cl)cc12. The molecular weight excluding hydrogens is 445 g/mol. The molecule has 1 N–H and O–H groups in total. The molecule has 0 fully saturated rings. The van der Waals surface area contributed by atoms with Gasteiger partial charge >= 0.3 is 0 Å². The largest absolute Gasteiger partial charge is 0.327 e. The van der Waals surface area contributed by atoms with Crippen LogP contribution in [0.2, 0.25) is 15.2 Å². The highest BCUT2D eigenvalue weighted by atomic mass is 35.5. The van der Waals surface area contributed by atoms with Crippen molar-refractivity contribution in [2.45, 2.75) is 6.54 Å². The van der Waals surface area contributed by atoms with E-state index in [0.29, 0.717) is 27.5 Å². The second-order valence-corrected chi connectivity index (χ2v) is 7.77. The van der Waals surface area contributed by atoms with E-state index < -0.39 is 11.7 Å². The zero-order valence-electron chi connectivity index (χ0n) is 15.4. The summed E-state index contributed by atoms with van der Waals surface area (Å²) in [6.45, 7) is 0.392. The van der Waals surface area contributed by atoms with Crippen molar-refractivity contribution in [1.29, 1.82) is 0 Å². The van der Waals surface area contributed by atoms with Crippen molar-refractivity contribution in [1.82, 2.24) is 9.55 Å². The van der Waals surface area contributed by atoms with E-state index in [1.54, 1.807) is 53.1 Å². The van der Waals surface area contributed by atoms with Crippen molar-refractivity contribution in [3.8, 4) is 0 Å². The maximum absolute atomic E-state index is 13.0. The number of halogens is 3. The molecule has 0 radical (unpaired) electrons. The van der Waals surface area contributed by atoms with Crippen molar-refractivity contribution in [2.24, 2.45) is 0 Å². The van der Waals surface area contributed by atoms with Crippen LogP contribution in [0.1, 0.15) is 15.9 Å². The maximum atomic E-state index is 13.0. The Morgan fingerprint density at radius 3 is 2.37 bits per heavy atom. The third-order valence-electron chi connectivity index (χ3n) is 4.56. The van der Waals surface area contributed by atoms with Crippen LogP contribution in [0.5, 0.6) is 0 Å². The summed E-state index contributed by atoms with van der Waals surface area (Å²) in [5.41, 5.74) is 1.72. The number of amides is 1. The van der Waals surface area contributed by atoms with Gasteiger partial charge in [-0.05, 0) is 48.0 Å². The molecule has 0 bridgehead atoms. The number of Topliss-reactive ketones (excluding diaryl/α,β-unsaturated/α-hetero) is 1. The average molecular weight is 459 g/mol. The Morgan fingerprint density at radius 1 is 0.933 bits per heavy atom. The van der Waals surface area contributed by atoms with Gasteiger partial charge < -0.3 is 9.88 Å². The van der Waals surface area contributed by atoms with Crippen molar-refractivity contribution >= 4 is 63.2 Å². The molecule has 0 aliphatic rings. The Kier molecular flexibility index (Phi) is 5.77. The van der Waals surface area contributed by atoms with E-state index >= 15 is 0 Å². The average Bonchev–Trinajstić information content (AvgIpc) is 3.00. The number of aromatic nitrogens is 2. The standard InChI is InChI=1S/C22H14Cl3N3O2/c23-14-6-4-13(5-7-14)12-28-17-9-8-15(24)11-16(17)19(21(28)25)20(29)22(30)27-18-3-1-2-10-26-18/h1-11H,12H2,(H,26,27,30). The first-order valence-corrected chi connectivity index (χ1v) is 10.1. The van der Waals surface area contributed by atoms with Crippen LogP contribution in [0.3, 0.4) is 0 Å². The minimum absolute atomic E-state index is 0.0940. The summed E-state index contributed by atoms with van der Waals surface area (Å²) in [5, 5.41) is 4.21. The van der Waals surface area contributed by atoms with Gasteiger partial charge in [-0.3, -0.25) is 9.59 Å². The molecular formula is C22H14Cl3N3O2. The minimum atomic E-state index is -0.832. The van der Waals surface area contributed by atoms with Crippen LogP contribution in [0, 0.1) is 0 Å². The monoisotopic (exact) mass is 457 g/mol. The molecule has 4 aromatic rings. The molecule has 5 nitrogen and oxygen atoms in total. The molecule has 0 saturated carbocycles. The molecule has 4 rings (SSSR count). The number of pyridine rings is 1. The molecule has 30 heavy (non-hydrogen) atoms. The fraction of sp³-hybridized carbons (Fsp3) is 0.0455. The first-order valence-electron chi connectivity index (χ1n) is 8.92. The highest BCUT2D eigenvalue weighted by molar-refractivity contribution is 6.52. The number of carbonyl (C=O) groups excluding carboxylic acids is 2. The van der Waals surface area contributed by atoms with Crippen LogP contribution in [0.25, 0.3) is 10.9 Å².